The molecule has 1 amide bonds. The highest BCUT2D eigenvalue weighted by Gasteiger charge is 2.27. The SMILES string of the molecule is Cc1cc(Br)ccc1NC(=O)C1CCCN(c2ccc(-c3ccc(F)cc3)nn2)C1. The van der Waals surface area contributed by atoms with E-state index < -0.39 is 0 Å². The van der Waals surface area contributed by atoms with E-state index in [0.29, 0.717) is 12.2 Å². The maximum atomic E-state index is 13.1. The Kier molecular flexibility index (Phi) is 6.08. The van der Waals surface area contributed by atoms with Crippen LogP contribution in [0.25, 0.3) is 11.3 Å². The molecule has 30 heavy (non-hydrogen) atoms. The molecule has 4 rings (SSSR count). The quantitative estimate of drug-likeness (QED) is 0.570. The Hall–Kier alpha value is -2.80. The van der Waals surface area contributed by atoms with Gasteiger partial charge in [0, 0.05) is 28.8 Å². The standard InChI is InChI=1S/C23H22BrFN4O/c1-15-13-18(24)6-9-20(15)26-23(30)17-3-2-12-29(14-17)22-11-10-21(27-28-22)16-4-7-19(25)8-5-16/h4-11,13,17H,2-3,12,14H2,1H3,(H,26,30). The lowest BCUT2D eigenvalue weighted by Gasteiger charge is -2.32. The van der Waals surface area contributed by atoms with Crippen molar-refractivity contribution in [3.63, 3.8) is 0 Å². The van der Waals surface area contributed by atoms with Crippen molar-refractivity contribution in [2.24, 2.45) is 5.92 Å². The van der Waals surface area contributed by atoms with Crippen molar-refractivity contribution in [2.75, 3.05) is 23.3 Å². The van der Waals surface area contributed by atoms with E-state index in [1.165, 1.54) is 12.1 Å². The van der Waals surface area contributed by atoms with Gasteiger partial charge in [-0.3, -0.25) is 4.79 Å². The van der Waals surface area contributed by atoms with Gasteiger partial charge in [0.1, 0.15) is 5.82 Å². The topological polar surface area (TPSA) is 58.1 Å². The molecular weight excluding hydrogens is 447 g/mol. The molecule has 1 N–H and O–H groups in total. The van der Waals surface area contributed by atoms with Gasteiger partial charge in [-0.25, -0.2) is 4.39 Å². The lowest BCUT2D eigenvalue weighted by Crippen LogP contribution is -2.41. The molecule has 0 bridgehead atoms. The second-order valence-corrected chi connectivity index (χ2v) is 8.43. The number of aromatic nitrogens is 2. The summed E-state index contributed by atoms with van der Waals surface area (Å²) in [7, 11) is 0. The summed E-state index contributed by atoms with van der Waals surface area (Å²) < 4.78 is 14.1. The number of nitrogens with one attached hydrogen (secondary N) is 1. The number of aryl methyl sites for hydroxylation is 1. The molecular formula is C23H22BrFN4O. The summed E-state index contributed by atoms with van der Waals surface area (Å²) in [5.41, 5.74) is 3.36. The van der Waals surface area contributed by atoms with Crippen LogP contribution in [0, 0.1) is 18.7 Å². The van der Waals surface area contributed by atoms with Crippen molar-refractivity contribution in [3.05, 3.63) is 70.5 Å². The molecule has 1 unspecified atom stereocenters. The number of rotatable bonds is 4. The van der Waals surface area contributed by atoms with Gasteiger partial charge in [-0.05, 0) is 79.9 Å². The molecule has 1 saturated heterocycles. The third kappa shape index (κ3) is 4.67. The highest BCUT2D eigenvalue weighted by atomic mass is 79.9. The van der Waals surface area contributed by atoms with Crippen LogP contribution in [0.15, 0.2) is 59.1 Å². The smallest absolute Gasteiger partial charge is 0.229 e. The summed E-state index contributed by atoms with van der Waals surface area (Å²) in [5.74, 6) is 0.388. The molecule has 1 aromatic heterocycles. The number of amides is 1. The predicted molar refractivity (Wildman–Crippen MR) is 120 cm³/mol. The highest BCUT2D eigenvalue weighted by molar-refractivity contribution is 9.10. The second-order valence-electron chi connectivity index (χ2n) is 7.52. The van der Waals surface area contributed by atoms with Crippen LogP contribution in [0.2, 0.25) is 0 Å². The van der Waals surface area contributed by atoms with Crippen LogP contribution in [0.3, 0.4) is 0 Å². The Morgan fingerprint density at radius 1 is 1.13 bits per heavy atom. The maximum absolute atomic E-state index is 13.1. The third-order valence-electron chi connectivity index (χ3n) is 5.35. The molecule has 0 spiro atoms. The second kappa shape index (κ2) is 8.92. The van der Waals surface area contributed by atoms with Gasteiger partial charge in [0.25, 0.3) is 0 Å². The van der Waals surface area contributed by atoms with Gasteiger partial charge < -0.3 is 10.2 Å². The Morgan fingerprint density at radius 3 is 2.63 bits per heavy atom. The number of hydrogen-bond acceptors (Lipinski definition) is 4. The summed E-state index contributed by atoms with van der Waals surface area (Å²) >= 11 is 3.45. The molecule has 0 aliphatic carbocycles. The van der Waals surface area contributed by atoms with E-state index >= 15 is 0 Å². The lowest BCUT2D eigenvalue weighted by molar-refractivity contribution is -0.120. The number of carbonyl (C=O) groups is 1. The number of anilines is 2. The Morgan fingerprint density at radius 2 is 1.93 bits per heavy atom. The normalized spacial score (nSPS) is 16.4. The van der Waals surface area contributed by atoms with E-state index in [4.69, 9.17) is 0 Å². The lowest BCUT2D eigenvalue weighted by atomic mass is 9.97. The van der Waals surface area contributed by atoms with Crippen LogP contribution < -0.4 is 10.2 Å². The zero-order chi connectivity index (χ0) is 21.1. The largest absolute Gasteiger partial charge is 0.354 e. The van der Waals surface area contributed by atoms with Crippen LogP contribution in [-0.4, -0.2) is 29.2 Å². The first-order valence-electron chi connectivity index (χ1n) is 9.91. The van der Waals surface area contributed by atoms with Crippen LogP contribution in [-0.2, 0) is 4.79 Å². The summed E-state index contributed by atoms with van der Waals surface area (Å²) in [5, 5.41) is 11.7. The zero-order valence-corrected chi connectivity index (χ0v) is 18.2. The van der Waals surface area contributed by atoms with Gasteiger partial charge >= 0.3 is 0 Å². The monoisotopic (exact) mass is 468 g/mol. The molecule has 5 nitrogen and oxygen atoms in total. The van der Waals surface area contributed by atoms with Crippen molar-refractivity contribution in [1.29, 1.82) is 0 Å². The average molecular weight is 469 g/mol. The van der Waals surface area contributed by atoms with Gasteiger partial charge in [-0.2, -0.15) is 0 Å². The van der Waals surface area contributed by atoms with E-state index in [1.54, 1.807) is 12.1 Å². The first-order valence-corrected chi connectivity index (χ1v) is 10.7. The van der Waals surface area contributed by atoms with Gasteiger partial charge in [-0.1, -0.05) is 15.9 Å². The van der Waals surface area contributed by atoms with Crippen LogP contribution in [0.5, 0.6) is 0 Å². The Bertz CT molecular complexity index is 1040. The summed E-state index contributed by atoms with van der Waals surface area (Å²) in [6.07, 6.45) is 1.76. The van der Waals surface area contributed by atoms with Crippen LogP contribution >= 0.6 is 15.9 Å². The Balaban J connectivity index is 1.43. The van der Waals surface area contributed by atoms with E-state index in [1.807, 2.05) is 37.3 Å². The molecule has 0 radical (unpaired) electrons. The number of carbonyl (C=O) groups excluding carboxylic acids is 1. The van der Waals surface area contributed by atoms with Crippen molar-refractivity contribution >= 4 is 33.3 Å². The van der Waals surface area contributed by atoms with E-state index in [0.717, 1.165) is 46.5 Å². The maximum Gasteiger partial charge on any atom is 0.229 e. The first kappa shape index (κ1) is 20.5. The molecule has 154 valence electrons. The van der Waals surface area contributed by atoms with Crippen molar-refractivity contribution in [1.82, 2.24) is 10.2 Å². The zero-order valence-electron chi connectivity index (χ0n) is 16.6. The molecule has 1 atom stereocenters. The van der Waals surface area contributed by atoms with Gasteiger partial charge in [0.05, 0.1) is 11.6 Å². The average Bonchev–Trinajstić information content (AvgIpc) is 2.76. The molecule has 7 heteroatoms. The van der Waals surface area contributed by atoms with Crippen molar-refractivity contribution in [3.8, 4) is 11.3 Å². The van der Waals surface area contributed by atoms with Gasteiger partial charge in [-0.15, -0.1) is 10.2 Å². The molecule has 1 fully saturated rings. The molecule has 2 heterocycles. The van der Waals surface area contributed by atoms with E-state index in [-0.39, 0.29) is 17.6 Å². The fourth-order valence-corrected chi connectivity index (χ4v) is 4.15. The third-order valence-corrected chi connectivity index (χ3v) is 5.85. The molecule has 1 aliphatic rings. The van der Waals surface area contributed by atoms with Crippen LogP contribution in [0.1, 0.15) is 18.4 Å². The number of benzene rings is 2. The van der Waals surface area contributed by atoms with E-state index in [9.17, 15) is 9.18 Å². The highest BCUT2D eigenvalue weighted by Crippen LogP contribution is 2.26. The minimum absolute atomic E-state index is 0.0287. The van der Waals surface area contributed by atoms with Crippen molar-refractivity contribution < 1.29 is 9.18 Å². The molecule has 0 saturated carbocycles. The molecule has 3 aromatic rings. The predicted octanol–water partition coefficient (Wildman–Crippen LogP) is 5.21. The minimum Gasteiger partial charge on any atom is -0.354 e. The molecule has 2 aromatic carbocycles. The van der Waals surface area contributed by atoms with E-state index in [2.05, 4.69) is 36.3 Å². The van der Waals surface area contributed by atoms with Gasteiger partial charge in [0.15, 0.2) is 5.82 Å². The van der Waals surface area contributed by atoms with Crippen LogP contribution in [0.4, 0.5) is 15.9 Å². The number of nitrogens with zero attached hydrogens (tertiary/aromatic N) is 3. The fraction of sp³-hybridized carbons (Fsp3) is 0.261. The van der Waals surface area contributed by atoms with Crippen molar-refractivity contribution in [2.45, 2.75) is 19.8 Å². The fourth-order valence-electron chi connectivity index (χ4n) is 3.67. The molecule has 1 aliphatic heterocycles. The Labute approximate surface area is 183 Å². The summed E-state index contributed by atoms with van der Waals surface area (Å²) in [6.45, 7) is 3.42. The van der Waals surface area contributed by atoms with Gasteiger partial charge in [0.2, 0.25) is 5.91 Å². The summed E-state index contributed by atoms with van der Waals surface area (Å²) in [6, 6.07) is 15.8. The number of piperidine rings is 1. The number of halogens is 2. The summed E-state index contributed by atoms with van der Waals surface area (Å²) in [4.78, 5) is 14.9. The first-order chi connectivity index (χ1) is 14.5. The minimum atomic E-state index is -0.278. The number of hydrogen-bond donors (Lipinski definition) is 1.